The number of rotatable bonds is 8. The monoisotopic (exact) mass is 544 g/mol. The summed E-state index contributed by atoms with van der Waals surface area (Å²) in [5.41, 5.74) is 1.91. The maximum atomic E-state index is 12.2. The quantitative estimate of drug-likeness (QED) is 0.318. The summed E-state index contributed by atoms with van der Waals surface area (Å²) in [6.45, 7) is 3.60. The van der Waals surface area contributed by atoms with E-state index in [1.807, 2.05) is 48.7 Å². The fourth-order valence-electron chi connectivity index (χ4n) is 4.09. The molecule has 0 bridgehead atoms. The lowest BCUT2D eigenvalue weighted by atomic mass is 10.2. The molecule has 1 saturated carbocycles. The van der Waals surface area contributed by atoms with E-state index < -0.39 is 0 Å². The lowest BCUT2D eigenvalue weighted by Crippen LogP contribution is -2.45. The van der Waals surface area contributed by atoms with Gasteiger partial charge < -0.3 is 15.1 Å². The average Bonchev–Trinajstić information content (AvgIpc) is 3.69. The van der Waals surface area contributed by atoms with E-state index in [2.05, 4.69) is 44.6 Å². The Bertz CT molecular complexity index is 1420. The third-order valence-corrected chi connectivity index (χ3v) is 8.25. The molecule has 2 N–H and O–H groups in total. The van der Waals surface area contributed by atoms with Crippen LogP contribution in [0.1, 0.15) is 12.8 Å². The summed E-state index contributed by atoms with van der Waals surface area (Å²) >= 11 is 3.01. The highest BCUT2D eigenvalue weighted by atomic mass is 32.2. The fraction of sp³-hybridized carbons (Fsp3) is 0.296. The second-order valence-corrected chi connectivity index (χ2v) is 11.5. The number of benzene rings is 2. The van der Waals surface area contributed by atoms with Crippen molar-refractivity contribution in [3.05, 3.63) is 60.8 Å². The number of carbonyl (C=O) groups is 1. The fourth-order valence-corrected chi connectivity index (χ4v) is 5.71. The van der Waals surface area contributed by atoms with Gasteiger partial charge in [0.1, 0.15) is 0 Å². The van der Waals surface area contributed by atoms with Gasteiger partial charge in [-0.15, -0.1) is 0 Å². The number of carbonyl (C=O) groups excluding carboxylic acids is 1. The van der Waals surface area contributed by atoms with Crippen molar-refractivity contribution in [3.63, 3.8) is 0 Å². The van der Waals surface area contributed by atoms with Gasteiger partial charge in [-0.2, -0.15) is 15.0 Å². The van der Waals surface area contributed by atoms with E-state index in [4.69, 9.17) is 15.0 Å². The van der Waals surface area contributed by atoms with Crippen molar-refractivity contribution >= 4 is 51.7 Å². The Balaban J connectivity index is 1.25. The first-order valence-corrected chi connectivity index (χ1v) is 14.3. The first-order chi connectivity index (χ1) is 18.6. The number of anilines is 4. The second-order valence-electron chi connectivity index (χ2n) is 9.45. The molecule has 2 aromatic carbocycles. The molecule has 3 heterocycles. The number of thiazole rings is 1. The Hall–Kier alpha value is -3.54. The van der Waals surface area contributed by atoms with Gasteiger partial charge in [0.05, 0.1) is 4.88 Å². The molecule has 4 aromatic rings. The highest BCUT2D eigenvalue weighted by molar-refractivity contribution is 7.99. The number of hydrogen-bond donors (Lipinski definition) is 2. The molecule has 9 nitrogen and oxygen atoms in total. The second kappa shape index (κ2) is 11.1. The van der Waals surface area contributed by atoms with E-state index in [1.54, 1.807) is 11.3 Å². The number of amides is 1. The minimum atomic E-state index is 0.0921. The van der Waals surface area contributed by atoms with Crippen LogP contribution in [0.4, 0.5) is 22.7 Å². The number of hydrogen-bond acceptors (Lipinski definition) is 10. The molecule has 0 radical (unpaired) electrons. The molecular formula is C27H28N8OS2. The van der Waals surface area contributed by atoms with Crippen molar-refractivity contribution in [2.75, 3.05) is 48.8 Å². The first kappa shape index (κ1) is 24.8. The summed E-state index contributed by atoms with van der Waals surface area (Å²) in [5, 5.41) is 7.63. The van der Waals surface area contributed by atoms with Crippen LogP contribution >= 0.6 is 23.1 Å². The maximum absolute atomic E-state index is 12.2. The molecule has 1 amide bonds. The number of likely N-dealkylation sites (N-methyl/N-ethyl adjacent to an activating group) is 1. The maximum Gasteiger partial charge on any atom is 0.234 e. The minimum absolute atomic E-state index is 0.0921. The van der Waals surface area contributed by atoms with Gasteiger partial charge in [-0.25, -0.2) is 4.98 Å². The van der Waals surface area contributed by atoms with Gasteiger partial charge in [0, 0.05) is 48.9 Å². The van der Waals surface area contributed by atoms with Gasteiger partial charge in [-0.1, -0.05) is 47.7 Å². The predicted octanol–water partition coefficient (Wildman–Crippen LogP) is 4.99. The van der Waals surface area contributed by atoms with E-state index in [0.29, 0.717) is 17.1 Å². The van der Waals surface area contributed by atoms with Crippen molar-refractivity contribution in [1.82, 2.24) is 24.8 Å². The largest absolute Gasteiger partial charge is 0.338 e. The molecule has 38 heavy (non-hydrogen) atoms. The summed E-state index contributed by atoms with van der Waals surface area (Å²) in [4.78, 5) is 37.6. The zero-order valence-electron chi connectivity index (χ0n) is 21.0. The molecular weight excluding hydrogens is 516 g/mol. The highest BCUT2D eigenvalue weighted by Gasteiger charge is 2.29. The first-order valence-electron chi connectivity index (χ1n) is 12.7. The number of nitrogens with one attached hydrogen (secondary N) is 2. The molecule has 2 aromatic heterocycles. The Morgan fingerprint density at radius 2 is 1.82 bits per heavy atom. The molecule has 11 heteroatoms. The van der Waals surface area contributed by atoms with Gasteiger partial charge in [0.2, 0.25) is 17.8 Å². The van der Waals surface area contributed by atoms with Crippen LogP contribution < -0.4 is 15.5 Å². The lowest BCUT2D eigenvalue weighted by molar-refractivity contribution is -0.117. The molecule has 0 atom stereocenters. The minimum Gasteiger partial charge on any atom is -0.338 e. The molecule has 0 unspecified atom stereocenters. The molecule has 6 rings (SSSR count). The van der Waals surface area contributed by atoms with Crippen molar-refractivity contribution in [2.45, 2.75) is 22.9 Å². The van der Waals surface area contributed by atoms with E-state index in [1.165, 1.54) is 11.8 Å². The zero-order chi connectivity index (χ0) is 25.9. The van der Waals surface area contributed by atoms with Crippen LogP contribution in [-0.4, -0.2) is 64.0 Å². The summed E-state index contributed by atoms with van der Waals surface area (Å²) in [6, 6.07) is 18.0. The topological polar surface area (TPSA) is 99.2 Å². The highest BCUT2D eigenvalue weighted by Crippen LogP contribution is 2.33. The van der Waals surface area contributed by atoms with Crippen molar-refractivity contribution < 1.29 is 4.79 Å². The predicted molar refractivity (Wildman–Crippen MR) is 152 cm³/mol. The summed E-state index contributed by atoms with van der Waals surface area (Å²) in [6.07, 6.45) is 3.81. The number of piperazine rings is 1. The molecule has 0 spiro atoms. The van der Waals surface area contributed by atoms with Crippen LogP contribution in [0.5, 0.6) is 0 Å². The molecule has 1 aliphatic heterocycles. The lowest BCUT2D eigenvalue weighted by Gasteiger charge is -2.32. The van der Waals surface area contributed by atoms with Gasteiger partial charge >= 0.3 is 0 Å². The summed E-state index contributed by atoms with van der Waals surface area (Å²) < 4.78 is 0. The Labute approximate surface area is 229 Å². The van der Waals surface area contributed by atoms with E-state index in [-0.39, 0.29) is 11.8 Å². The molecule has 2 aliphatic rings. The van der Waals surface area contributed by atoms with Crippen molar-refractivity contribution in [1.29, 1.82) is 0 Å². The van der Waals surface area contributed by atoms with E-state index in [0.717, 1.165) is 65.2 Å². The molecule has 1 aliphatic carbocycles. The normalized spacial score (nSPS) is 15.9. The van der Waals surface area contributed by atoms with Crippen LogP contribution in [0.3, 0.4) is 0 Å². The van der Waals surface area contributed by atoms with Gasteiger partial charge in [0.15, 0.2) is 10.3 Å². The smallest absolute Gasteiger partial charge is 0.234 e. The van der Waals surface area contributed by atoms with Gasteiger partial charge in [-0.05, 0) is 55.4 Å². The number of aromatic nitrogens is 4. The van der Waals surface area contributed by atoms with Crippen LogP contribution in [0.15, 0.2) is 70.8 Å². The van der Waals surface area contributed by atoms with Crippen LogP contribution in [0, 0.1) is 5.92 Å². The van der Waals surface area contributed by atoms with E-state index in [9.17, 15) is 4.79 Å². The third kappa shape index (κ3) is 6.12. The SMILES string of the molecule is CN1CCN(c2nc(Nc3ncc(-c4ccccc4)s3)nc(Sc3cccc(NC(=O)C4CC4)c3)n2)CC1. The Morgan fingerprint density at radius 3 is 2.61 bits per heavy atom. The molecule has 194 valence electrons. The van der Waals surface area contributed by atoms with Gasteiger partial charge in [-0.3, -0.25) is 10.1 Å². The van der Waals surface area contributed by atoms with Crippen molar-refractivity contribution in [3.8, 4) is 10.4 Å². The molecule has 2 fully saturated rings. The zero-order valence-corrected chi connectivity index (χ0v) is 22.6. The Morgan fingerprint density at radius 1 is 1.00 bits per heavy atom. The van der Waals surface area contributed by atoms with E-state index >= 15 is 0 Å². The van der Waals surface area contributed by atoms with Crippen LogP contribution in [0.25, 0.3) is 10.4 Å². The molecule has 1 saturated heterocycles. The van der Waals surface area contributed by atoms with Crippen LogP contribution in [-0.2, 0) is 4.79 Å². The van der Waals surface area contributed by atoms with Crippen LogP contribution in [0.2, 0.25) is 0 Å². The van der Waals surface area contributed by atoms with Gasteiger partial charge in [0.25, 0.3) is 0 Å². The number of nitrogens with zero attached hydrogens (tertiary/aromatic N) is 6. The average molecular weight is 545 g/mol. The standard InChI is InChI=1S/C27H28N8OS2/c1-34-12-14-35(15-13-34)25-30-24(31-26-28-17-22(38-26)18-6-3-2-4-7-18)32-27(33-25)37-21-9-5-8-20(16-21)29-23(36)19-10-11-19/h2-9,16-17,19H,10-15H2,1H3,(H,29,36)(H,28,30,31,32,33). The summed E-state index contributed by atoms with van der Waals surface area (Å²) in [7, 11) is 2.13. The Kier molecular flexibility index (Phi) is 7.21. The summed E-state index contributed by atoms with van der Waals surface area (Å²) in [5.74, 6) is 1.36. The third-order valence-electron chi connectivity index (χ3n) is 6.43. The van der Waals surface area contributed by atoms with Crippen molar-refractivity contribution in [2.24, 2.45) is 5.92 Å².